The minimum Gasteiger partial charge on any atom is -0.383 e. The van der Waals surface area contributed by atoms with Gasteiger partial charge in [-0.05, 0) is 18.9 Å². The predicted octanol–water partition coefficient (Wildman–Crippen LogP) is 2.49. The first-order valence-corrected chi connectivity index (χ1v) is 9.12. The maximum atomic E-state index is 9.54. The molecule has 2 aromatic rings. The SMILES string of the molecule is N#Cc1c(-c2cnc(N3CCOCC3)nc2)cc(C2CCCC2)nc1N. The van der Waals surface area contributed by atoms with Crippen molar-refractivity contribution in [1.29, 1.82) is 5.26 Å². The summed E-state index contributed by atoms with van der Waals surface area (Å²) in [5.41, 5.74) is 9.04. The number of ether oxygens (including phenoxy) is 1. The number of aromatic nitrogens is 3. The minimum absolute atomic E-state index is 0.296. The number of hydrogen-bond donors (Lipinski definition) is 1. The number of nitrogen functional groups attached to an aromatic ring is 1. The molecule has 0 bridgehead atoms. The number of nitrogens with zero attached hydrogens (tertiary/aromatic N) is 5. The van der Waals surface area contributed by atoms with Crippen molar-refractivity contribution in [2.24, 2.45) is 0 Å². The van der Waals surface area contributed by atoms with Crippen LogP contribution < -0.4 is 10.6 Å². The average Bonchev–Trinajstić information content (AvgIpc) is 3.23. The van der Waals surface area contributed by atoms with E-state index in [0.29, 0.717) is 36.5 Å². The summed E-state index contributed by atoms with van der Waals surface area (Å²) in [4.78, 5) is 15.6. The highest BCUT2D eigenvalue weighted by Crippen LogP contribution is 2.36. The predicted molar refractivity (Wildman–Crippen MR) is 98.6 cm³/mol. The van der Waals surface area contributed by atoms with Gasteiger partial charge in [0.2, 0.25) is 5.95 Å². The summed E-state index contributed by atoms with van der Waals surface area (Å²) in [6.07, 6.45) is 8.24. The lowest BCUT2D eigenvalue weighted by atomic mass is 9.97. The van der Waals surface area contributed by atoms with Crippen LogP contribution in [0, 0.1) is 11.3 Å². The zero-order chi connectivity index (χ0) is 17.9. The fraction of sp³-hybridized carbons (Fsp3) is 0.474. The van der Waals surface area contributed by atoms with Crippen LogP contribution in [0.5, 0.6) is 0 Å². The second-order valence-corrected chi connectivity index (χ2v) is 6.82. The highest BCUT2D eigenvalue weighted by Gasteiger charge is 2.22. The van der Waals surface area contributed by atoms with Crippen LogP contribution in [0.25, 0.3) is 11.1 Å². The summed E-state index contributed by atoms with van der Waals surface area (Å²) in [7, 11) is 0. The van der Waals surface area contributed by atoms with Gasteiger partial charge in [0.15, 0.2) is 0 Å². The lowest BCUT2D eigenvalue weighted by molar-refractivity contribution is 0.122. The Kier molecular flexibility index (Phi) is 4.67. The highest BCUT2D eigenvalue weighted by atomic mass is 16.5. The largest absolute Gasteiger partial charge is 0.383 e. The molecular formula is C19H22N6O. The Balaban J connectivity index is 1.68. The van der Waals surface area contributed by atoms with Gasteiger partial charge in [0.05, 0.1) is 13.2 Å². The summed E-state index contributed by atoms with van der Waals surface area (Å²) in [6, 6.07) is 4.19. The molecule has 1 saturated heterocycles. The average molecular weight is 350 g/mol. The van der Waals surface area contributed by atoms with E-state index < -0.39 is 0 Å². The summed E-state index contributed by atoms with van der Waals surface area (Å²) < 4.78 is 5.37. The van der Waals surface area contributed by atoms with Gasteiger partial charge in [-0.1, -0.05) is 12.8 Å². The quantitative estimate of drug-likeness (QED) is 0.907. The van der Waals surface area contributed by atoms with E-state index in [2.05, 4.69) is 25.9 Å². The topological polar surface area (TPSA) is 101 Å². The van der Waals surface area contributed by atoms with E-state index in [4.69, 9.17) is 10.5 Å². The lowest BCUT2D eigenvalue weighted by Gasteiger charge is -2.26. The molecule has 1 aliphatic heterocycles. The molecule has 134 valence electrons. The van der Waals surface area contributed by atoms with E-state index in [1.165, 1.54) is 12.8 Å². The van der Waals surface area contributed by atoms with Gasteiger partial charge in [-0.15, -0.1) is 0 Å². The number of pyridine rings is 1. The van der Waals surface area contributed by atoms with Crippen LogP contribution in [0.3, 0.4) is 0 Å². The van der Waals surface area contributed by atoms with Crippen LogP contribution in [0.15, 0.2) is 18.5 Å². The fourth-order valence-electron chi connectivity index (χ4n) is 3.75. The number of morpholine rings is 1. The molecule has 1 aliphatic carbocycles. The van der Waals surface area contributed by atoms with Crippen molar-refractivity contribution >= 4 is 11.8 Å². The summed E-state index contributed by atoms with van der Waals surface area (Å²) in [5.74, 6) is 1.41. The van der Waals surface area contributed by atoms with Gasteiger partial charge in [0.25, 0.3) is 0 Å². The standard InChI is InChI=1S/C19H22N6O/c20-10-16-15(9-17(24-18(16)21)13-3-1-2-4-13)14-11-22-19(23-12-14)25-5-7-26-8-6-25/h9,11-13H,1-8H2,(H2,21,24). The van der Waals surface area contributed by atoms with Gasteiger partial charge < -0.3 is 15.4 Å². The van der Waals surface area contributed by atoms with Crippen molar-refractivity contribution in [2.45, 2.75) is 31.6 Å². The molecule has 1 saturated carbocycles. The van der Waals surface area contributed by atoms with Crippen LogP contribution in [-0.4, -0.2) is 41.3 Å². The maximum Gasteiger partial charge on any atom is 0.225 e. The molecule has 3 heterocycles. The fourth-order valence-corrected chi connectivity index (χ4v) is 3.75. The van der Waals surface area contributed by atoms with Gasteiger partial charge in [-0.3, -0.25) is 0 Å². The first-order chi connectivity index (χ1) is 12.8. The molecule has 7 nitrogen and oxygen atoms in total. The molecular weight excluding hydrogens is 328 g/mol. The molecule has 2 fully saturated rings. The number of nitrogens with two attached hydrogens (primary N) is 1. The van der Waals surface area contributed by atoms with Crippen molar-refractivity contribution in [1.82, 2.24) is 15.0 Å². The lowest BCUT2D eigenvalue weighted by Crippen LogP contribution is -2.37. The van der Waals surface area contributed by atoms with E-state index in [-0.39, 0.29) is 0 Å². The number of nitriles is 1. The van der Waals surface area contributed by atoms with E-state index in [9.17, 15) is 5.26 Å². The Morgan fingerprint density at radius 2 is 1.85 bits per heavy atom. The number of anilines is 2. The summed E-state index contributed by atoms with van der Waals surface area (Å²) >= 11 is 0. The van der Waals surface area contributed by atoms with Crippen LogP contribution >= 0.6 is 0 Å². The van der Waals surface area contributed by atoms with Gasteiger partial charge >= 0.3 is 0 Å². The third kappa shape index (κ3) is 3.20. The Bertz CT molecular complexity index is 817. The van der Waals surface area contributed by atoms with Crippen molar-refractivity contribution in [2.75, 3.05) is 36.9 Å². The van der Waals surface area contributed by atoms with Gasteiger partial charge in [0.1, 0.15) is 17.5 Å². The monoisotopic (exact) mass is 350 g/mol. The molecule has 0 aromatic carbocycles. The van der Waals surface area contributed by atoms with Crippen molar-refractivity contribution in [3.8, 4) is 17.2 Å². The summed E-state index contributed by atoms with van der Waals surface area (Å²) in [5, 5.41) is 9.54. The molecule has 2 N–H and O–H groups in total. The van der Waals surface area contributed by atoms with E-state index in [0.717, 1.165) is 42.8 Å². The zero-order valence-corrected chi connectivity index (χ0v) is 14.7. The van der Waals surface area contributed by atoms with Crippen molar-refractivity contribution in [3.63, 3.8) is 0 Å². The number of rotatable bonds is 3. The molecule has 2 aliphatic rings. The van der Waals surface area contributed by atoms with E-state index in [1.54, 1.807) is 12.4 Å². The van der Waals surface area contributed by atoms with Gasteiger partial charge in [-0.2, -0.15) is 5.26 Å². The first kappa shape index (κ1) is 16.7. The van der Waals surface area contributed by atoms with Gasteiger partial charge in [-0.25, -0.2) is 15.0 Å². The molecule has 0 unspecified atom stereocenters. The molecule has 26 heavy (non-hydrogen) atoms. The Hall–Kier alpha value is -2.72. The third-order valence-electron chi connectivity index (χ3n) is 5.20. The van der Waals surface area contributed by atoms with Crippen LogP contribution in [0.1, 0.15) is 42.9 Å². The summed E-state index contributed by atoms with van der Waals surface area (Å²) in [6.45, 7) is 2.96. The van der Waals surface area contributed by atoms with Crippen LogP contribution in [0.4, 0.5) is 11.8 Å². The van der Waals surface area contributed by atoms with Crippen LogP contribution in [-0.2, 0) is 4.74 Å². The number of hydrogen-bond acceptors (Lipinski definition) is 7. The minimum atomic E-state index is 0.296. The molecule has 4 rings (SSSR count). The molecule has 7 heteroatoms. The third-order valence-corrected chi connectivity index (χ3v) is 5.20. The Morgan fingerprint density at radius 1 is 1.15 bits per heavy atom. The molecule has 0 amide bonds. The van der Waals surface area contributed by atoms with Crippen molar-refractivity contribution < 1.29 is 4.74 Å². The van der Waals surface area contributed by atoms with E-state index >= 15 is 0 Å². The zero-order valence-electron chi connectivity index (χ0n) is 14.7. The normalized spacial score (nSPS) is 18.0. The van der Waals surface area contributed by atoms with E-state index in [1.807, 2.05) is 6.07 Å². The smallest absolute Gasteiger partial charge is 0.225 e. The second-order valence-electron chi connectivity index (χ2n) is 6.82. The first-order valence-electron chi connectivity index (χ1n) is 9.12. The second kappa shape index (κ2) is 7.26. The van der Waals surface area contributed by atoms with Crippen LogP contribution in [0.2, 0.25) is 0 Å². The van der Waals surface area contributed by atoms with Gasteiger partial charge in [0, 0.05) is 48.2 Å². The van der Waals surface area contributed by atoms with Crippen molar-refractivity contribution in [3.05, 3.63) is 29.7 Å². The maximum absolute atomic E-state index is 9.54. The molecule has 2 aromatic heterocycles. The molecule has 0 radical (unpaired) electrons. The Labute approximate surface area is 152 Å². The highest BCUT2D eigenvalue weighted by molar-refractivity contribution is 5.75. The molecule has 0 spiro atoms. The Morgan fingerprint density at radius 3 is 2.50 bits per heavy atom. The molecule has 0 atom stereocenters.